The predicted octanol–water partition coefficient (Wildman–Crippen LogP) is 7.41. The topological polar surface area (TPSA) is 110 Å². The van der Waals surface area contributed by atoms with Crippen LogP contribution in [0.4, 0.5) is 0 Å². The number of epoxide rings is 3. The maximum absolute atomic E-state index is 13.6. The number of fused-ring (bicyclic) bond motifs is 5. The second-order valence-electron chi connectivity index (χ2n) is 17.6. The number of benzene rings is 1. The van der Waals surface area contributed by atoms with Crippen LogP contribution in [0, 0.1) is 17.3 Å². The predicted molar refractivity (Wildman–Crippen MR) is 202 cm³/mol. The van der Waals surface area contributed by atoms with Gasteiger partial charge in [0.15, 0.2) is 24.1 Å². The Labute approximate surface area is 317 Å². The van der Waals surface area contributed by atoms with Gasteiger partial charge in [0.1, 0.15) is 36.6 Å². The molecule has 1 aromatic carbocycles. The van der Waals surface area contributed by atoms with Crippen LogP contribution in [0.1, 0.15) is 103 Å². The van der Waals surface area contributed by atoms with E-state index in [0.717, 1.165) is 61.7 Å². The van der Waals surface area contributed by atoms with Gasteiger partial charge in [-0.2, -0.15) is 0 Å². The van der Waals surface area contributed by atoms with Gasteiger partial charge in [-0.1, -0.05) is 76.8 Å². The lowest BCUT2D eigenvalue weighted by Gasteiger charge is -2.53. The van der Waals surface area contributed by atoms with Crippen molar-refractivity contribution in [3.8, 4) is 0 Å². The number of carbonyl (C=O) groups excluding carboxylic acids is 2. The van der Waals surface area contributed by atoms with Crippen molar-refractivity contribution >= 4 is 35.0 Å². The van der Waals surface area contributed by atoms with E-state index in [1.54, 1.807) is 0 Å². The number of para-hydroxylation sites is 1. The fourth-order valence-electron chi connectivity index (χ4n) is 11.6. The molecule has 0 bridgehead atoms. The van der Waals surface area contributed by atoms with Gasteiger partial charge in [0.25, 0.3) is 0 Å². The molecule has 4 aliphatic heterocycles. The summed E-state index contributed by atoms with van der Waals surface area (Å²) in [6, 6.07) is 12.7. The maximum atomic E-state index is 13.6. The summed E-state index contributed by atoms with van der Waals surface area (Å²) in [5, 5.41) is 1.24. The van der Waals surface area contributed by atoms with E-state index in [4.69, 9.17) is 23.7 Å². The Morgan fingerprint density at radius 3 is 2.57 bits per heavy atom. The van der Waals surface area contributed by atoms with E-state index in [0.29, 0.717) is 19.4 Å². The van der Waals surface area contributed by atoms with Crippen molar-refractivity contribution in [1.29, 1.82) is 0 Å². The fraction of sp³-hybridized carbons (Fsp3) is 0.578. The Balaban J connectivity index is 0.681. The molecule has 0 unspecified atom stereocenters. The van der Waals surface area contributed by atoms with Crippen LogP contribution < -0.4 is 4.57 Å². The smallest absolute Gasteiger partial charge is 0.334 e. The Hall–Kier alpha value is -3.79. The molecule has 284 valence electrons. The molecule has 7 aliphatic rings. The van der Waals surface area contributed by atoms with Crippen molar-refractivity contribution < 1.29 is 37.8 Å². The number of hydrogen-bond acceptors (Lipinski definition) is 7. The van der Waals surface area contributed by atoms with E-state index in [9.17, 15) is 9.59 Å². The molecule has 10 rings (SSSR count). The first-order valence-corrected chi connectivity index (χ1v) is 20.6. The van der Waals surface area contributed by atoms with E-state index >= 15 is 0 Å². The number of aromatic amines is 1. The Kier molecular flexibility index (Phi) is 8.10. The van der Waals surface area contributed by atoms with Crippen molar-refractivity contribution in [3.63, 3.8) is 0 Å². The van der Waals surface area contributed by atoms with Gasteiger partial charge >= 0.3 is 11.9 Å². The molecule has 9 heteroatoms. The third-order valence-electron chi connectivity index (χ3n) is 14.6. The van der Waals surface area contributed by atoms with E-state index in [1.807, 2.05) is 0 Å². The van der Waals surface area contributed by atoms with Gasteiger partial charge < -0.3 is 28.7 Å². The van der Waals surface area contributed by atoms with Crippen molar-refractivity contribution in [2.24, 2.45) is 17.3 Å². The second kappa shape index (κ2) is 12.6. The summed E-state index contributed by atoms with van der Waals surface area (Å²) in [6.07, 6.45) is 20.5. The summed E-state index contributed by atoms with van der Waals surface area (Å²) in [5.74, 6) is 0.00879. The summed E-state index contributed by atoms with van der Waals surface area (Å²) < 4.78 is 34.5. The minimum Gasteiger partial charge on any atom is -0.458 e. The summed E-state index contributed by atoms with van der Waals surface area (Å²) in [6.45, 7) is 8.04. The molecule has 2 saturated carbocycles. The largest absolute Gasteiger partial charge is 0.458 e. The van der Waals surface area contributed by atoms with Gasteiger partial charge in [-0.25, -0.2) is 9.36 Å². The lowest BCUT2D eigenvalue weighted by molar-refractivity contribution is -0.697. The molecular formula is C45H53N2O7+. The molecule has 3 aliphatic carbocycles. The fourth-order valence-corrected chi connectivity index (χ4v) is 11.6. The summed E-state index contributed by atoms with van der Waals surface area (Å²) in [5.41, 5.74) is 3.50. The van der Waals surface area contributed by atoms with Crippen LogP contribution in [0.15, 0.2) is 66.1 Å². The first-order chi connectivity index (χ1) is 26.2. The lowest BCUT2D eigenvalue weighted by Crippen LogP contribution is -2.70. The number of aromatic nitrogens is 2. The van der Waals surface area contributed by atoms with Gasteiger partial charge in [0.05, 0.1) is 6.10 Å². The maximum Gasteiger partial charge on any atom is 0.334 e. The van der Waals surface area contributed by atoms with Crippen LogP contribution >= 0.6 is 0 Å². The van der Waals surface area contributed by atoms with E-state index < -0.39 is 22.9 Å². The minimum absolute atomic E-state index is 0.0727. The Morgan fingerprint density at radius 1 is 0.981 bits per heavy atom. The Bertz CT molecular complexity index is 2050. The summed E-state index contributed by atoms with van der Waals surface area (Å²) >= 11 is 0. The van der Waals surface area contributed by atoms with Crippen LogP contribution in [0.2, 0.25) is 0 Å². The SMILES string of the molecule is CC(C)[C@]12O[C@H]1[C@@H]1O[C@]13[C@]1(O[C@H]1C[C@H]1C4=C(CC[C@@]13C)C(=O)OC4)[C@@H]2OC(=O)CCCCCCCCC[n+]1ccc(/C=C/c2c[nH]c3ccccc23)cc1. The molecule has 9 atom stereocenters. The number of H-pyrrole nitrogens is 1. The molecule has 2 spiro atoms. The number of hydrogen-bond donors (Lipinski definition) is 1. The summed E-state index contributed by atoms with van der Waals surface area (Å²) in [7, 11) is 0. The van der Waals surface area contributed by atoms with Gasteiger partial charge in [-0.3, -0.25) is 4.79 Å². The third kappa shape index (κ3) is 4.96. The number of rotatable bonds is 14. The first kappa shape index (κ1) is 34.7. The molecule has 0 radical (unpaired) electrons. The molecule has 3 aromatic rings. The summed E-state index contributed by atoms with van der Waals surface area (Å²) in [4.78, 5) is 29.4. The number of nitrogens with zero attached hydrogens (tertiary/aromatic N) is 1. The van der Waals surface area contributed by atoms with E-state index in [2.05, 4.69) is 97.5 Å². The quantitative estimate of drug-likeness (QED) is 0.0796. The van der Waals surface area contributed by atoms with Crippen molar-refractivity contribution in [1.82, 2.24) is 4.98 Å². The minimum atomic E-state index is -0.687. The molecule has 2 aromatic heterocycles. The Morgan fingerprint density at radius 2 is 1.76 bits per heavy atom. The highest BCUT2D eigenvalue weighted by atomic mass is 16.8. The first-order valence-electron chi connectivity index (χ1n) is 20.6. The monoisotopic (exact) mass is 733 g/mol. The standard InChI is InChI=1S/C45H52N2O7/c1-28(2)43-38(53-43)39-45(54-39)42(3)21-18-32-33(27-50-40(32)49)34(42)25-36-44(45,52-36)41(43)51-37(48)15-9-7-5-4-6-8-12-22-47-23-19-29(20-24-47)16-17-30-26-46-35-14-11-10-13-31(30)35/h10-11,13-14,16-17,19-20,23-24,26,28,34,36,38-39,41H,4-9,12,15,18,21-22,25,27H2,1-3H3/p+1/t34-,36-,38-,39-,41+,42-,43-,44+,45+/m0/s1. The number of ether oxygens (including phenoxy) is 5. The molecule has 1 N–H and O–H groups in total. The molecule has 6 heterocycles. The second-order valence-corrected chi connectivity index (χ2v) is 17.6. The lowest BCUT2D eigenvalue weighted by atomic mass is 9.46. The highest BCUT2D eigenvalue weighted by Gasteiger charge is 3.01. The van der Waals surface area contributed by atoms with Crippen molar-refractivity contribution in [2.75, 3.05) is 6.61 Å². The normalized spacial score (nSPS) is 36.6. The van der Waals surface area contributed by atoms with Crippen LogP contribution in [0.3, 0.4) is 0 Å². The molecule has 3 saturated heterocycles. The van der Waals surface area contributed by atoms with Crippen molar-refractivity contribution in [2.45, 2.75) is 139 Å². The zero-order valence-electron chi connectivity index (χ0n) is 31.8. The number of cyclic esters (lactones) is 1. The van der Waals surface area contributed by atoms with Crippen LogP contribution in [-0.2, 0) is 39.8 Å². The van der Waals surface area contributed by atoms with Gasteiger partial charge in [0.2, 0.25) is 0 Å². The number of nitrogens with one attached hydrogen (secondary N) is 1. The highest BCUT2D eigenvalue weighted by molar-refractivity contribution is 5.92. The van der Waals surface area contributed by atoms with Gasteiger partial charge in [-0.05, 0) is 66.7 Å². The number of carbonyl (C=O) groups is 2. The molecule has 0 amide bonds. The van der Waals surface area contributed by atoms with Crippen molar-refractivity contribution in [3.05, 3.63) is 77.3 Å². The number of pyridine rings is 1. The zero-order valence-corrected chi connectivity index (χ0v) is 31.8. The van der Waals surface area contributed by atoms with Crippen LogP contribution in [-0.4, -0.2) is 64.7 Å². The van der Waals surface area contributed by atoms with Gasteiger partial charge in [-0.15, -0.1) is 0 Å². The third-order valence-corrected chi connectivity index (χ3v) is 14.6. The number of aryl methyl sites for hydroxylation is 1. The molecular weight excluding hydrogens is 681 g/mol. The average Bonchev–Trinajstić information content (AvgIpc) is 4.12. The number of esters is 2. The zero-order chi connectivity index (χ0) is 36.9. The number of unbranched alkanes of at least 4 members (excludes halogenated alkanes) is 6. The van der Waals surface area contributed by atoms with E-state index in [-0.39, 0.29) is 47.5 Å². The van der Waals surface area contributed by atoms with Gasteiger partial charge in [0, 0.05) is 53.1 Å². The van der Waals surface area contributed by atoms with E-state index in [1.165, 1.54) is 35.8 Å². The molecule has 54 heavy (non-hydrogen) atoms. The van der Waals surface area contributed by atoms with Crippen LogP contribution in [0.25, 0.3) is 23.1 Å². The molecule has 5 fully saturated rings. The highest BCUT2D eigenvalue weighted by Crippen LogP contribution is 2.83. The average molecular weight is 734 g/mol. The molecule has 9 nitrogen and oxygen atoms in total. The van der Waals surface area contributed by atoms with Crippen LogP contribution in [0.5, 0.6) is 0 Å².